The van der Waals surface area contributed by atoms with Gasteiger partial charge in [-0.05, 0) is 56.3 Å². The molecule has 116 valence electrons. The molecule has 2 rings (SSSR count). The SMILES string of the molecule is Cc1cccc(NC(=O)[C@@H](C)N(C)Cc2ccc(Cl)cc2)c1. The van der Waals surface area contributed by atoms with Gasteiger partial charge >= 0.3 is 0 Å². The van der Waals surface area contributed by atoms with Gasteiger partial charge in [0.15, 0.2) is 0 Å². The Balaban J connectivity index is 1.95. The van der Waals surface area contributed by atoms with Gasteiger partial charge in [-0.15, -0.1) is 0 Å². The van der Waals surface area contributed by atoms with Gasteiger partial charge in [0, 0.05) is 17.3 Å². The average Bonchev–Trinajstić information content (AvgIpc) is 2.48. The minimum atomic E-state index is -0.226. The van der Waals surface area contributed by atoms with Gasteiger partial charge in [-0.25, -0.2) is 0 Å². The molecule has 0 fully saturated rings. The number of amides is 1. The third-order valence-corrected chi connectivity index (χ3v) is 3.92. The van der Waals surface area contributed by atoms with Crippen LogP contribution in [-0.2, 0) is 11.3 Å². The zero-order chi connectivity index (χ0) is 16.1. The number of benzene rings is 2. The maximum Gasteiger partial charge on any atom is 0.241 e. The highest BCUT2D eigenvalue weighted by Crippen LogP contribution is 2.14. The molecule has 2 aromatic carbocycles. The summed E-state index contributed by atoms with van der Waals surface area (Å²) in [6.07, 6.45) is 0. The van der Waals surface area contributed by atoms with Gasteiger partial charge in [0.2, 0.25) is 5.91 Å². The van der Waals surface area contributed by atoms with Crippen molar-refractivity contribution in [3.63, 3.8) is 0 Å². The van der Waals surface area contributed by atoms with Gasteiger partial charge in [-0.3, -0.25) is 9.69 Å². The van der Waals surface area contributed by atoms with Crippen LogP contribution in [0, 0.1) is 6.92 Å². The number of aryl methyl sites for hydroxylation is 1. The number of carbonyl (C=O) groups is 1. The molecule has 0 aliphatic heterocycles. The fourth-order valence-electron chi connectivity index (χ4n) is 2.18. The van der Waals surface area contributed by atoms with Crippen molar-refractivity contribution in [1.82, 2.24) is 4.90 Å². The summed E-state index contributed by atoms with van der Waals surface area (Å²) in [5, 5.41) is 3.68. The zero-order valence-corrected chi connectivity index (χ0v) is 13.9. The van der Waals surface area contributed by atoms with Crippen molar-refractivity contribution in [1.29, 1.82) is 0 Å². The predicted molar refractivity (Wildman–Crippen MR) is 92.2 cm³/mol. The summed E-state index contributed by atoms with van der Waals surface area (Å²) in [4.78, 5) is 14.3. The molecule has 0 radical (unpaired) electrons. The Hall–Kier alpha value is -1.84. The molecule has 0 saturated heterocycles. The highest BCUT2D eigenvalue weighted by molar-refractivity contribution is 6.30. The van der Waals surface area contributed by atoms with Crippen LogP contribution in [0.5, 0.6) is 0 Å². The molecule has 1 amide bonds. The van der Waals surface area contributed by atoms with Gasteiger partial charge in [0.25, 0.3) is 0 Å². The highest BCUT2D eigenvalue weighted by Gasteiger charge is 2.18. The lowest BCUT2D eigenvalue weighted by Crippen LogP contribution is -2.39. The predicted octanol–water partition coefficient (Wildman–Crippen LogP) is 4.11. The van der Waals surface area contributed by atoms with E-state index in [1.54, 1.807) is 0 Å². The van der Waals surface area contributed by atoms with Crippen LogP contribution in [0.25, 0.3) is 0 Å². The number of hydrogen-bond acceptors (Lipinski definition) is 2. The molecule has 0 aliphatic rings. The summed E-state index contributed by atoms with van der Waals surface area (Å²) in [5.41, 5.74) is 3.08. The van der Waals surface area contributed by atoms with Crippen molar-refractivity contribution >= 4 is 23.2 Å². The minimum Gasteiger partial charge on any atom is -0.325 e. The van der Waals surface area contributed by atoms with E-state index in [1.807, 2.05) is 74.3 Å². The van der Waals surface area contributed by atoms with Crippen LogP contribution in [0.15, 0.2) is 48.5 Å². The molecule has 1 N–H and O–H groups in total. The third-order valence-electron chi connectivity index (χ3n) is 3.67. The second kappa shape index (κ2) is 7.43. The molecule has 0 unspecified atom stereocenters. The summed E-state index contributed by atoms with van der Waals surface area (Å²) in [6.45, 7) is 4.60. The first-order chi connectivity index (χ1) is 10.5. The summed E-state index contributed by atoms with van der Waals surface area (Å²) in [5.74, 6) is -0.0120. The number of likely N-dealkylation sites (N-methyl/N-ethyl adjacent to an activating group) is 1. The molecule has 2 aromatic rings. The van der Waals surface area contributed by atoms with Crippen molar-refractivity contribution in [2.45, 2.75) is 26.4 Å². The summed E-state index contributed by atoms with van der Waals surface area (Å²) in [7, 11) is 1.94. The number of nitrogens with zero attached hydrogens (tertiary/aromatic N) is 1. The second-order valence-electron chi connectivity index (χ2n) is 5.58. The van der Waals surface area contributed by atoms with E-state index in [9.17, 15) is 4.79 Å². The molecule has 22 heavy (non-hydrogen) atoms. The summed E-state index contributed by atoms with van der Waals surface area (Å²) in [6, 6.07) is 15.3. The van der Waals surface area contributed by atoms with Crippen LogP contribution in [-0.4, -0.2) is 23.9 Å². The molecule has 4 heteroatoms. The van der Waals surface area contributed by atoms with Gasteiger partial charge < -0.3 is 5.32 Å². The van der Waals surface area contributed by atoms with Crippen LogP contribution in [0.2, 0.25) is 5.02 Å². The van der Waals surface area contributed by atoms with Crippen LogP contribution >= 0.6 is 11.6 Å². The lowest BCUT2D eigenvalue weighted by Gasteiger charge is -2.24. The van der Waals surface area contributed by atoms with E-state index in [-0.39, 0.29) is 11.9 Å². The van der Waals surface area contributed by atoms with Gasteiger partial charge in [0.05, 0.1) is 6.04 Å². The molecule has 0 saturated carbocycles. The van der Waals surface area contributed by atoms with E-state index >= 15 is 0 Å². The number of nitrogens with one attached hydrogen (secondary N) is 1. The monoisotopic (exact) mass is 316 g/mol. The second-order valence-corrected chi connectivity index (χ2v) is 6.01. The Morgan fingerprint density at radius 2 is 1.91 bits per heavy atom. The first-order valence-electron chi connectivity index (χ1n) is 7.28. The first-order valence-corrected chi connectivity index (χ1v) is 7.66. The van der Waals surface area contributed by atoms with E-state index in [4.69, 9.17) is 11.6 Å². The Morgan fingerprint density at radius 3 is 2.55 bits per heavy atom. The van der Waals surface area contributed by atoms with E-state index in [1.165, 1.54) is 0 Å². The molecule has 0 bridgehead atoms. The molecular formula is C18H21ClN2O. The molecular weight excluding hydrogens is 296 g/mol. The Morgan fingerprint density at radius 1 is 1.23 bits per heavy atom. The summed E-state index contributed by atoms with van der Waals surface area (Å²) < 4.78 is 0. The third kappa shape index (κ3) is 4.58. The first kappa shape index (κ1) is 16.5. The number of anilines is 1. The van der Waals surface area contributed by atoms with Gasteiger partial charge in [-0.1, -0.05) is 35.9 Å². The molecule has 1 atom stereocenters. The maximum atomic E-state index is 12.3. The van der Waals surface area contributed by atoms with Gasteiger partial charge in [-0.2, -0.15) is 0 Å². The molecule has 0 heterocycles. The normalized spacial score (nSPS) is 12.2. The van der Waals surface area contributed by atoms with E-state index in [0.29, 0.717) is 6.54 Å². The van der Waals surface area contributed by atoms with Gasteiger partial charge in [0.1, 0.15) is 0 Å². The number of carbonyl (C=O) groups excluding carboxylic acids is 1. The van der Waals surface area contributed by atoms with Crippen molar-refractivity contribution in [2.75, 3.05) is 12.4 Å². The summed E-state index contributed by atoms with van der Waals surface area (Å²) >= 11 is 5.89. The van der Waals surface area contributed by atoms with Crippen LogP contribution < -0.4 is 5.32 Å². The minimum absolute atomic E-state index is 0.0120. The smallest absolute Gasteiger partial charge is 0.241 e. The molecule has 0 spiro atoms. The topological polar surface area (TPSA) is 32.3 Å². The van der Waals surface area contributed by atoms with Crippen LogP contribution in [0.3, 0.4) is 0 Å². The van der Waals surface area contributed by atoms with Crippen molar-refractivity contribution in [3.05, 3.63) is 64.7 Å². The maximum absolute atomic E-state index is 12.3. The Labute approximate surface area is 136 Å². The van der Waals surface area contributed by atoms with E-state index in [0.717, 1.165) is 21.8 Å². The highest BCUT2D eigenvalue weighted by atomic mass is 35.5. The van der Waals surface area contributed by atoms with E-state index < -0.39 is 0 Å². The standard InChI is InChI=1S/C18H21ClN2O/c1-13-5-4-6-17(11-13)20-18(22)14(2)21(3)12-15-7-9-16(19)10-8-15/h4-11,14H,12H2,1-3H3,(H,20,22)/t14-/m1/s1. The van der Waals surface area contributed by atoms with Crippen molar-refractivity contribution in [2.24, 2.45) is 0 Å². The molecule has 0 aromatic heterocycles. The molecule has 3 nitrogen and oxygen atoms in total. The van der Waals surface area contributed by atoms with Crippen LogP contribution in [0.1, 0.15) is 18.1 Å². The number of rotatable bonds is 5. The van der Waals surface area contributed by atoms with Crippen LogP contribution in [0.4, 0.5) is 5.69 Å². The van der Waals surface area contributed by atoms with E-state index in [2.05, 4.69) is 5.32 Å². The van der Waals surface area contributed by atoms with Crippen molar-refractivity contribution in [3.8, 4) is 0 Å². The zero-order valence-electron chi connectivity index (χ0n) is 13.1. The fraction of sp³-hybridized carbons (Fsp3) is 0.278. The lowest BCUT2D eigenvalue weighted by atomic mass is 10.1. The quantitative estimate of drug-likeness (QED) is 0.900. The van der Waals surface area contributed by atoms with Crippen molar-refractivity contribution < 1.29 is 4.79 Å². The molecule has 0 aliphatic carbocycles. The lowest BCUT2D eigenvalue weighted by molar-refractivity contribution is -0.120. The number of hydrogen-bond donors (Lipinski definition) is 1. The Bertz CT molecular complexity index is 640. The Kier molecular flexibility index (Phi) is 5.58. The fourth-order valence-corrected chi connectivity index (χ4v) is 2.31. The average molecular weight is 317 g/mol. The largest absolute Gasteiger partial charge is 0.325 e. The number of halogens is 1.